The van der Waals surface area contributed by atoms with E-state index in [2.05, 4.69) is 25.8 Å². The molecule has 0 radical (unpaired) electrons. The number of aromatic nitrogens is 1. The smallest absolute Gasteiger partial charge is 0.258 e. The second-order valence-electron chi connectivity index (χ2n) is 9.58. The summed E-state index contributed by atoms with van der Waals surface area (Å²) in [7, 11) is 4.03. The van der Waals surface area contributed by atoms with Gasteiger partial charge in [-0.2, -0.15) is 0 Å². The number of hydrogen-bond donors (Lipinski definition) is 3. The molecule has 0 unspecified atom stereocenters. The lowest BCUT2D eigenvalue weighted by Gasteiger charge is -2.17. The van der Waals surface area contributed by atoms with E-state index in [9.17, 15) is 14.0 Å². The Hall–Kier alpha value is -4.82. The van der Waals surface area contributed by atoms with Gasteiger partial charge in [0, 0.05) is 36.7 Å². The van der Waals surface area contributed by atoms with E-state index in [1.165, 1.54) is 18.3 Å². The van der Waals surface area contributed by atoms with Crippen molar-refractivity contribution in [2.45, 2.75) is 13.1 Å². The van der Waals surface area contributed by atoms with Crippen molar-refractivity contribution in [3.8, 4) is 0 Å². The number of benzene rings is 3. The molecule has 0 fully saturated rings. The zero-order chi connectivity index (χ0) is 27.4. The molecule has 0 saturated heterocycles. The molecular formula is C31H28FN5O2. The molecular weight excluding hydrogens is 493 g/mol. The van der Waals surface area contributed by atoms with Crippen LogP contribution in [0.5, 0.6) is 0 Å². The predicted octanol–water partition coefficient (Wildman–Crippen LogP) is 5.14. The van der Waals surface area contributed by atoms with Gasteiger partial charge in [-0.1, -0.05) is 30.3 Å². The van der Waals surface area contributed by atoms with Crippen LogP contribution in [0.3, 0.4) is 0 Å². The first-order chi connectivity index (χ1) is 18.9. The second kappa shape index (κ2) is 11.3. The molecule has 3 aromatic carbocycles. The monoisotopic (exact) mass is 521 g/mol. The van der Waals surface area contributed by atoms with Crippen LogP contribution in [0, 0.1) is 5.82 Å². The molecule has 1 aromatic heterocycles. The fraction of sp³-hybridized carbons (Fsp3) is 0.129. The molecule has 39 heavy (non-hydrogen) atoms. The highest BCUT2D eigenvalue weighted by atomic mass is 19.1. The quantitative estimate of drug-likeness (QED) is 0.280. The fourth-order valence-electron chi connectivity index (χ4n) is 4.49. The highest BCUT2D eigenvalue weighted by Crippen LogP contribution is 2.38. The third-order valence-electron chi connectivity index (χ3n) is 6.29. The lowest BCUT2D eigenvalue weighted by Crippen LogP contribution is -2.22. The van der Waals surface area contributed by atoms with Crippen LogP contribution in [-0.2, 0) is 17.9 Å². The van der Waals surface area contributed by atoms with Gasteiger partial charge in [0.15, 0.2) is 0 Å². The first-order valence-corrected chi connectivity index (χ1v) is 12.5. The van der Waals surface area contributed by atoms with Crippen LogP contribution in [-0.4, -0.2) is 35.8 Å². The van der Waals surface area contributed by atoms with Crippen LogP contribution < -0.4 is 16.0 Å². The average molecular weight is 522 g/mol. The van der Waals surface area contributed by atoms with Crippen LogP contribution in [0.2, 0.25) is 0 Å². The molecule has 1 aliphatic heterocycles. The lowest BCUT2D eigenvalue weighted by molar-refractivity contribution is -0.110. The molecule has 0 saturated carbocycles. The molecule has 7 nitrogen and oxygen atoms in total. The van der Waals surface area contributed by atoms with Gasteiger partial charge in [0.05, 0.1) is 22.5 Å². The van der Waals surface area contributed by atoms with Crippen molar-refractivity contribution < 1.29 is 14.0 Å². The van der Waals surface area contributed by atoms with Gasteiger partial charge < -0.3 is 20.9 Å². The molecule has 2 amide bonds. The van der Waals surface area contributed by atoms with Gasteiger partial charge >= 0.3 is 0 Å². The number of hydrogen-bond acceptors (Lipinski definition) is 5. The number of nitrogens with one attached hydrogen (secondary N) is 3. The summed E-state index contributed by atoms with van der Waals surface area (Å²) < 4.78 is 13.9. The van der Waals surface area contributed by atoms with E-state index in [0.29, 0.717) is 28.1 Å². The normalized spacial score (nSPS) is 13.6. The Balaban J connectivity index is 1.50. The van der Waals surface area contributed by atoms with E-state index in [4.69, 9.17) is 0 Å². The van der Waals surface area contributed by atoms with Crippen molar-refractivity contribution in [1.29, 1.82) is 0 Å². The Morgan fingerprint density at radius 2 is 1.74 bits per heavy atom. The topological polar surface area (TPSA) is 86.4 Å². The van der Waals surface area contributed by atoms with Gasteiger partial charge in [0.1, 0.15) is 5.82 Å². The van der Waals surface area contributed by atoms with E-state index >= 15 is 0 Å². The first-order valence-electron chi connectivity index (χ1n) is 12.5. The van der Waals surface area contributed by atoms with Crippen LogP contribution in [0.4, 0.5) is 15.8 Å². The van der Waals surface area contributed by atoms with Crippen LogP contribution >= 0.6 is 0 Å². The van der Waals surface area contributed by atoms with Crippen molar-refractivity contribution in [3.05, 3.63) is 125 Å². The number of nitrogens with zero attached hydrogens (tertiary/aromatic N) is 2. The number of pyridine rings is 1. The highest BCUT2D eigenvalue weighted by Gasteiger charge is 2.29. The fourth-order valence-corrected chi connectivity index (χ4v) is 4.49. The van der Waals surface area contributed by atoms with E-state index in [1.54, 1.807) is 24.4 Å². The standard InChI is InChI=1S/C31H28FN5O2/c1-37(2)19-20-8-11-25(12-9-20)35-29(28-26-13-10-24(32)16-27(26)36-31(28)39)22-6-3-5-21(15-22)17-34-30(38)23-7-4-14-33-18-23/h3-16,18,35H,17,19H2,1-2H3,(H,34,38)(H,36,39). The summed E-state index contributed by atoms with van der Waals surface area (Å²) in [4.78, 5) is 31.8. The number of carbonyl (C=O) groups excluding carboxylic acids is 2. The zero-order valence-corrected chi connectivity index (χ0v) is 21.7. The Bertz CT molecular complexity index is 1550. The van der Waals surface area contributed by atoms with Crippen LogP contribution in [0.15, 0.2) is 91.3 Å². The number of carbonyl (C=O) groups is 2. The second-order valence-corrected chi connectivity index (χ2v) is 9.58. The SMILES string of the molecule is CN(C)Cc1ccc(NC(=C2C(=O)Nc3cc(F)ccc32)c2cccc(CNC(=O)c3cccnc3)c2)cc1. The number of anilines is 2. The predicted molar refractivity (Wildman–Crippen MR) is 151 cm³/mol. The molecule has 0 bridgehead atoms. The third-order valence-corrected chi connectivity index (χ3v) is 6.29. The molecule has 3 N–H and O–H groups in total. The maximum absolute atomic E-state index is 13.9. The highest BCUT2D eigenvalue weighted by molar-refractivity contribution is 6.37. The summed E-state index contributed by atoms with van der Waals surface area (Å²) in [5.41, 5.74) is 6.08. The summed E-state index contributed by atoms with van der Waals surface area (Å²) >= 11 is 0. The Morgan fingerprint density at radius 3 is 2.49 bits per heavy atom. The molecule has 4 aromatic rings. The lowest BCUT2D eigenvalue weighted by atomic mass is 9.98. The maximum atomic E-state index is 13.9. The summed E-state index contributed by atoms with van der Waals surface area (Å²) in [6.07, 6.45) is 3.13. The molecule has 0 spiro atoms. The van der Waals surface area contributed by atoms with E-state index in [-0.39, 0.29) is 18.4 Å². The summed E-state index contributed by atoms with van der Waals surface area (Å²) in [6.45, 7) is 1.10. The third kappa shape index (κ3) is 6.02. The Labute approximate surface area is 226 Å². The van der Waals surface area contributed by atoms with Crippen molar-refractivity contribution >= 4 is 34.5 Å². The first kappa shape index (κ1) is 25.8. The largest absolute Gasteiger partial charge is 0.354 e. The maximum Gasteiger partial charge on any atom is 0.258 e. The van der Waals surface area contributed by atoms with Gasteiger partial charge in [0.2, 0.25) is 0 Å². The van der Waals surface area contributed by atoms with Gasteiger partial charge in [-0.25, -0.2) is 4.39 Å². The minimum absolute atomic E-state index is 0.228. The van der Waals surface area contributed by atoms with E-state index in [1.807, 2.05) is 62.6 Å². The number of halogens is 1. The molecule has 5 rings (SSSR count). The van der Waals surface area contributed by atoms with Crippen LogP contribution in [0.1, 0.15) is 32.6 Å². The van der Waals surface area contributed by atoms with E-state index < -0.39 is 5.82 Å². The van der Waals surface area contributed by atoms with Gasteiger partial charge in [-0.15, -0.1) is 0 Å². The molecule has 1 aliphatic rings. The molecule has 8 heteroatoms. The minimum Gasteiger partial charge on any atom is -0.354 e. The Kier molecular flexibility index (Phi) is 7.47. The van der Waals surface area contributed by atoms with Crippen molar-refractivity contribution in [2.24, 2.45) is 0 Å². The average Bonchev–Trinajstić information content (AvgIpc) is 3.26. The summed E-state index contributed by atoms with van der Waals surface area (Å²) in [5.74, 6) is -0.973. The van der Waals surface area contributed by atoms with Gasteiger partial charge in [-0.05, 0) is 79.3 Å². The molecule has 0 atom stereocenters. The zero-order valence-electron chi connectivity index (χ0n) is 21.7. The number of fused-ring (bicyclic) bond motifs is 1. The van der Waals surface area contributed by atoms with Gasteiger partial charge in [-0.3, -0.25) is 14.6 Å². The van der Waals surface area contributed by atoms with Crippen molar-refractivity contribution in [1.82, 2.24) is 15.2 Å². The van der Waals surface area contributed by atoms with Crippen LogP contribution in [0.25, 0.3) is 11.3 Å². The van der Waals surface area contributed by atoms with E-state index in [0.717, 1.165) is 28.9 Å². The number of rotatable bonds is 8. The molecule has 2 heterocycles. The summed E-state index contributed by atoms with van der Waals surface area (Å²) in [6, 6.07) is 23.3. The Morgan fingerprint density at radius 1 is 0.949 bits per heavy atom. The van der Waals surface area contributed by atoms with Gasteiger partial charge in [0.25, 0.3) is 11.8 Å². The molecule has 0 aliphatic carbocycles. The molecule has 196 valence electrons. The minimum atomic E-state index is -0.423. The summed E-state index contributed by atoms with van der Waals surface area (Å²) in [5, 5.41) is 9.13. The number of amides is 2. The van der Waals surface area contributed by atoms with Crippen molar-refractivity contribution in [2.75, 3.05) is 24.7 Å². The van der Waals surface area contributed by atoms with Crippen molar-refractivity contribution in [3.63, 3.8) is 0 Å².